The topological polar surface area (TPSA) is 57.4 Å². The van der Waals surface area contributed by atoms with Crippen LogP contribution < -0.4 is 0 Å². The lowest BCUT2D eigenvalue weighted by atomic mass is 9.81. The summed E-state index contributed by atoms with van der Waals surface area (Å²) in [5, 5.41) is 0. The van der Waals surface area contributed by atoms with E-state index in [1.807, 2.05) is 6.07 Å². The van der Waals surface area contributed by atoms with Crippen molar-refractivity contribution in [2.24, 2.45) is 0 Å². The Morgan fingerprint density at radius 3 is 1.60 bits per heavy atom. The second kappa shape index (κ2) is 13.9. The highest BCUT2D eigenvalue weighted by molar-refractivity contribution is 7.85. The first-order valence-corrected chi connectivity index (χ1v) is 17.7. The smallest absolute Gasteiger partial charge is 0.264 e. The summed E-state index contributed by atoms with van der Waals surface area (Å²) in [6.45, 7) is 5.14. The van der Waals surface area contributed by atoms with E-state index in [2.05, 4.69) is 164 Å². The number of rotatable bonds is 11. The van der Waals surface area contributed by atoms with Crippen molar-refractivity contribution in [1.82, 2.24) is 0 Å². The molecule has 0 unspecified atom stereocenters. The molecule has 1 aliphatic heterocycles. The van der Waals surface area contributed by atoms with Crippen molar-refractivity contribution in [3.05, 3.63) is 179 Å². The Morgan fingerprint density at radius 1 is 0.617 bits per heavy atom. The van der Waals surface area contributed by atoms with E-state index >= 15 is 0 Å². The Morgan fingerprint density at radius 2 is 1.09 bits per heavy atom. The first-order chi connectivity index (χ1) is 22.7. The van der Waals surface area contributed by atoms with Gasteiger partial charge in [0.25, 0.3) is 10.1 Å². The summed E-state index contributed by atoms with van der Waals surface area (Å²) in [7, 11) is -3.97. The molecule has 0 spiro atoms. The maximum Gasteiger partial charge on any atom is 0.264 e. The minimum absolute atomic E-state index is 0.223. The summed E-state index contributed by atoms with van der Waals surface area (Å²) >= 11 is 0. The monoisotopic (exact) mass is 638 g/mol. The van der Waals surface area contributed by atoms with Crippen molar-refractivity contribution >= 4 is 38.7 Å². The minimum Gasteiger partial charge on any atom is -0.286 e. The van der Waals surface area contributed by atoms with E-state index in [-0.39, 0.29) is 11.2 Å². The number of hydrogen-bond donors (Lipinski definition) is 1. The van der Waals surface area contributed by atoms with Crippen LogP contribution >= 0.6 is 0 Å². The van der Waals surface area contributed by atoms with Crippen molar-refractivity contribution < 1.29 is 17.5 Å². The van der Waals surface area contributed by atoms with Crippen molar-refractivity contribution in [2.75, 3.05) is 12.3 Å². The average Bonchev–Trinajstić information content (AvgIpc) is 3.30. The molecule has 0 radical (unpaired) electrons. The predicted octanol–water partition coefficient (Wildman–Crippen LogP) is 9.45. The molecular formula is C42H40NO3S+. The number of unbranched alkanes of at least 4 members (excludes halogenated alkanes) is 1. The fraction of sp³-hybridized carbons (Fsp3) is 0.167. The highest BCUT2D eigenvalue weighted by Crippen LogP contribution is 2.40. The molecule has 6 rings (SSSR count). The molecule has 1 heterocycles. The lowest BCUT2D eigenvalue weighted by molar-refractivity contribution is -0.438. The summed E-state index contributed by atoms with van der Waals surface area (Å²) in [6, 6.07) is 48.9. The first-order valence-electron chi connectivity index (χ1n) is 16.1. The van der Waals surface area contributed by atoms with Crippen LogP contribution in [0, 0.1) is 0 Å². The van der Waals surface area contributed by atoms with Crippen LogP contribution in [0.1, 0.15) is 60.1 Å². The number of hydrogen-bond acceptors (Lipinski definition) is 2. The van der Waals surface area contributed by atoms with E-state index in [9.17, 15) is 13.0 Å². The number of nitrogens with zero attached hydrogens (tertiary/aromatic N) is 1. The van der Waals surface area contributed by atoms with Crippen molar-refractivity contribution in [1.29, 1.82) is 0 Å². The van der Waals surface area contributed by atoms with Crippen LogP contribution in [-0.4, -0.2) is 35.6 Å². The third-order valence-corrected chi connectivity index (χ3v) is 9.71. The van der Waals surface area contributed by atoms with Gasteiger partial charge in [0, 0.05) is 24.1 Å². The Kier molecular flexibility index (Phi) is 9.48. The molecule has 5 heteroatoms. The fourth-order valence-corrected chi connectivity index (χ4v) is 7.17. The fourth-order valence-electron chi connectivity index (χ4n) is 6.60. The van der Waals surface area contributed by atoms with E-state index in [0.29, 0.717) is 19.4 Å². The van der Waals surface area contributed by atoms with Gasteiger partial charge >= 0.3 is 0 Å². The summed E-state index contributed by atoms with van der Waals surface area (Å²) < 4.78 is 34.1. The molecule has 0 aromatic heterocycles. The number of para-hydroxylation sites is 1. The zero-order valence-corrected chi connectivity index (χ0v) is 27.7. The quantitative estimate of drug-likeness (QED) is 0.0679. The van der Waals surface area contributed by atoms with Gasteiger partial charge in [-0.15, -0.1) is 0 Å². The third kappa shape index (κ3) is 7.27. The van der Waals surface area contributed by atoms with Gasteiger partial charge in [-0.05, 0) is 65.3 Å². The molecule has 236 valence electrons. The van der Waals surface area contributed by atoms with Crippen LogP contribution in [0.2, 0.25) is 0 Å². The summed E-state index contributed by atoms with van der Waals surface area (Å²) in [5.74, 6) is -0.223. The Labute approximate surface area is 278 Å². The molecule has 0 aliphatic carbocycles. The zero-order chi connectivity index (χ0) is 32.9. The molecule has 0 saturated heterocycles. The molecule has 47 heavy (non-hydrogen) atoms. The van der Waals surface area contributed by atoms with Gasteiger partial charge in [-0.2, -0.15) is 13.0 Å². The van der Waals surface area contributed by atoms with Crippen LogP contribution in [0.4, 0.5) is 5.69 Å². The van der Waals surface area contributed by atoms with Gasteiger partial charge in [0.1, 0.15) is 6.54 Å². The summed E-state index contributed by atoms with van der Waals surface area (Å²) in [6.07, 6.45) is 5.42. The Balaban J connectivity index is 1.39. The van der Waals surface area contributed by atoms with Gasteiger partial charge in [-0.1, -0.05) is 133 Å². The van der Waals surface area contributed by atoms with Crippen LogP contribution in [-0.2, 0) is 15.5 Å². The van der Waals surface area contributed by atoms with Crippen molar-refractivity contribution in [3.8, 4) is 0 Å². The van der Waals surface area contributed by atoms with Crippen LogP contribution in [0.15, 0.2) is 146 Å². The van der Waals surface area contributed by atoms with Crippen molar-refractivity contribution in [3.63, 3.8) is 0 Å². The standard InChI is InChI=1S/C42H39NO3S/c1-42(2)37-22-12-13-23-38(37)43(30-14-15-31-47(44,45)46)39(42)29-26-32-24-27-36(28-25-32)41(35-20-10-5-11-21-35)40(33-16-6-3-7-17-33)34-18-8-4-9-19-34/h3-13,16-29H,14-15,30-31H2,1-2H3/p+1. The molecule has 1 aliphatic rings. The van der Waals surface area contributed by atoms with Crippen LogP contribution in [0.3, 0.4) is 0 Å². The Hall–Kier alpha value is -4.84. The van der Waals surface area contributed by atoms with Gasteiger partial charge in [0.05, 0.1) is 11.2 Å². The van der Waals surface area contributed by atoms with E-state index in [1.54, 1.807) is 0 Å². The lowest BCUT2D eigenvalue weighted by Gasteiger charge is -2.18. The van der Waals surface area contributed by atoms with Gasteiger partial charge in [-0.3, -0.25) is 4.55 Å². The van der Waals surface area contributed by atoms with E-state index < -0.39 is 10.1 Å². The molecule has 1 N–H and O–H groups in total. The van der Waals surface area contributed by atoms with E-state index in [1.165, 1.54) is 16.7 Å². The third-order valence-electron chi connectivity index (χ3n) is 8.90. The van der Waals surface area contributed by atoms with E-state index in [4.69, 9.17) is 0 Å². The SMILES string of the molecule is CC1(C)C(C=Cc2ccc(C(=C(c3ccccc3)c3ccccc3)c3ccccc3)cc2)=[N+](CCCCS(=O)(=O)O)c2ccccc21. The van der Waals surface area contributed by atoms with Crippen LogP contribution in [0.25, 0.3) is 17.2 Å². The highest BCUT2D eigenvalue weighted by atomic mass is 32.2. The Bertz CT molecular complexity index is 2000. The molecule has 0 bridgehead atoms. The maximum atomic E-state index is 11.3. The van der Waals surface area contributed by atoms with Crippen LogP contribution in [0.5, 0.6) is 0 Å². The number of fused-ring (bicyclic) bond motifs is 1. The highest BCUT2D eigenvalue weighted by Gasteiger charge is 2.43. The van der Waals surface area contributed by atoms with Gasteiger partial charge in [0.15, 0.2) is 5.71 Å². The lowest BCUT2D eigenvalue weighted by Crippen LogP contribution is -2.28. The second-order valence-electron chi connectivity index (χ2n) is 12.5. The maximum absolute atomic E-state index is 11.3. The van der Waals surface area contributed by atoms with Gasteiger partial charge in [-0.25, -0.2) is 0 Å². The molecule has 0 saturated carbocycles. The largest absolute Gasteiger partial charge is 0.286 e. The molecule has 5 aromatic carbocycles. The normalized spacial score (nSPS) is 13.9. The molecule has 0 fully saturated rings. The number of benzene rings is 5. The van der Waals surface area contributed by atoms with Crippen molar-refractivity contribution in [2.45, 2.75) is 32.1 Å². The predicted molar refractivity (Wildman–Crippen MR) is 195 cm³/mol. The molecule has 0 amide bonds. The first kappa shape index (κ1) is 32.1. The summed E-state index contributed by atoms with van der Waals surface area (Å²) in [5.41, 5.74) is 11.4. The average molecular weight is 639 g/mol. The van der Waals surface area contributed by atoms with E-state index in [0.717, 1.165) is 39.2 Å². The molecule has 4 nitrogen and oxygen atoms in total. The van der Waals surface area contributed by atoms with Gasteiger partial charge in [0.2, 0.25) is 5.69 Å². The number of allylic oxidation sites excluding steroid dienone is 1. The van der Waals surface area contributed by atoms with Gasteiger partial charge < -0.3 is 0 Å². The minimum atomic E-state index is -3.97. The zero-order valence-electron chi connectivity index (χ0n) is 26.9. The summed E-state index contributed by atoms with van der Waals surface area (Å²) in [4.78, 5) is 0. The molecule has 0 atom stereocenters. The molecular weight excluding hydrogens is 599 g/mol. The second-order valence-corrected chi connectivity index (χ2v) is 14.0. The molecule has 5 aromatic rings.